The van der Waals surface area contributed by atoms with E-state index in [1.165, 1.54) is 17.0 Å². The number of benzene rings is 2. The molecule has 0 aliphatic carbocycles. The molecule has 0 spiro atoms. The number of aromatic hydroxyl groups is 1. The van der Waals surface area contributed by atoms with E-state index >= 15 is 0 Å². The van der Waals surface area contributed by atoms with Crippen LogP contribution in [0.4, 0.5) is 5.69 Å². The zero-order valence-electron chi connectivity index (χ0n) is 13.5. The van der Waals surface area contributed by atoms with E-state index in [9.17, 15) is 19.8 Å². The minimum atomic E-state index is -1.31. The average molecular weight is 368 g/mol. The molecule has 0 bridgehead atoms. The van der Waals surface area contributed by atoms with Gasteiger partial charge in [-0.3, -0.25) is 9.69 Å². The van der Waals surface area contributed by atoms with Crippen LogP contribution in [0.15, 0.2) is 64.8 Å². The van der Waals surface area contributed by atoms with Crippen molar-refractivity contribution in [2.75, 3.05) is 4.90 Å². The number of carbonyl (C=O) groups is 2. The Kier molecular flexibility index (Phi) is 5.33. The van der Waals surface area contributed by atoms with Crippen LogP contribution in [0.25, 0.3) is 0 Å². The second-order valence-corrected chi connectivity index (χ2v) is 6.58. The van der Waals surface area contributed by atoms with Gasteiger partial charge in [0.05, 0.1) is 17.2 Å². The van der Waals surface area contributed by atoms with Crippen molar-refractivity contribution >= 4 is 40.7 Å². The molecule has 1 amide bonds. The first-order chi connectivity index (χ1) is 12.5. The van der Waals surface area contributed by atoms with Crippen molar-refractivity contribution in [2.24, 2.45) is 10.2 Å². The minimum Gasteiger partial charge on any atom is -0.550 e. The monoisotopic (exact) mass is 368 g/mol. The Morgan fingerprint density at radius 2 is 1.88 bits per heavy atom. The van der Waals surface area contributed by atoms with Crippen molar-refractivity contribution in [1.29, 1.82) is 0 Å². The second kappa shape index (κ2) is 7.83. The normalized spacial score (nSPS) is 18.8. The molecular formula is C18H14N3O4S-. The third kappa shape index (κ3) is 4.09. The van der Waals surface area contributed by atoms with Gasteiger partial charge in [0.1, 0.15) is 5.75 Å². The summed E-state index contributed by atoms with van der Waals surface area (Å²) in [5.74, 6) is -1.67. The molecule has 3 rings (SSSR count). The van der Waals surface area contributed by atoms with E-state index in [0.717, 1.165) is 17.3 Å². The van der Waals surface area contributed by atoms with Crippen LogP contribution in [0.5, 0.6) is 5.75 Å². The number of hydrogen-bond acceptors (Lipinski definition) is 7. The van der Waals surface area contributed by atoms with Gasteiger partial charge in [-0.25, -0.2) is 0 Å². The van der Waals surface area contributed by atoms with Gasteiger partial charge in [0, 0.05) is 12.4 Å². The maximum Gasteiger partial charge on any atom is 0.247 e. The highest BCUT2D eigenvalue weighted by Crippen LogP contribution is 2.34. The molecule has 2 aromatic rings. The van der Waals surface area contributed by atoms with Gasteiger partial charge >= 0.3 is 0 Å². The van der Waals surface area contributed by atoms with Crippen molar-refractivity contribution in [3.63, 3.8) is 0 Å². The van der Waals surface area contributed by atoms with Gasteiger partial charge in [-0.2, -0.15) is 5.10 Å². The molecule has 1 heterocycles. The zero-order valence-corrected chi connectivity index (χ0v) is 14.3. The molecule has 1 fully saturated rings. The van der Waals surface area contributed by atoms with Crippen LogP contribution in [0.3, 0.4) is 0 Å². The molecule has 132 valence electrons. The SMILES string of the molecule is O=C([O-])C[C@H]1SC(=NN=Cc2ccccc2)N(c2ccc(O)cc2)C1=O. The summed E-state index contributed by atoms with van der Waals surface area (Å²) in [5, 5.41) is 27.8. The summed E-state index contributed by atoms with van der Waals surface area (Å²) in [6, 6.07) is 15.3. The summed E-state index contributed by atoms with van der Waals surface area (Å²) in [6.45, 7) is 0. The van der Waals surface area contributed by atoms with Crippen molar-refractivity contribution in [1.82, 2.24) is 0 Å². The number of amides is 1. The summed E-state index contributed by atoms with van der Waals surface area (Å²) in [6.07, 6.45) is 1.12. The average Bonchev–Trinajstić information content (AvgIpc) is 2.92. The first-order valence-corrected chi connectivity index (χ1v) is 8.58. The van der Waals surface area contributed by atoms with E-state index in [1.54, 1.807) is 18.3 Å². The molecule has 1 saturated heterocycles. The highest BCUT2D eigenvalue weighted by molar-refractivity contribution is 8.16. The number of aliphatic carboxylic acids is 1. The van der Waals surface area contributed by atoms with Crippen molar-refractivity contribution in [3.8, 4) is 5.75 Å². The fourth-order valence-electron chi connectivity index (χ4n) is 2.34. The predicted octanol–water partition coefficient (Wildman–Crippen LogP) is 1.37. The molecule has 7 nitrogen and oxygen atoms in total. The first-order valence-electron chi connectivity index (χ1n) is 7.70. The van der Waals surface area contributed by atoms with Crippen LogP contribution in [0, 0.1) is 0 Å². The van der Waals surface area contributed by atoms with Crippen LogP contribution in [0.2, 0.25) is 0 Å². The number of phenolic OH excluding ortho intramolecular Hbond substituents is 1. The molecule has 1 atom stereocenters. The lowest BCUT2D eigenvalue weighted by Gasteiger charge is -2.16. The molecule has 2 aromatic carbocycles. The van der Waals surface area contributed by atoms with Crippen molar-refractivity contribution in [2.45, 2.75) is 11.7 Å². The van der Waals surface area contributed by atoms with E-state index in [0.29, 0.717) is 5.69 Å². The van der Waals surface area contributed by atoms with Crippen molar-refractivity contribution < 1.29 is 19.8 Å². The van der Waals surface area contributed by atoms with E-state index in [-0.39, 0.29) is 10.9 Å². The standard InChI is InChI=1S/C18H15N3O4S/c22-14-8-6-13(7-9-14)21-17(25)15(10-16(23)24)26-18(21)20-19-11-12-4-2-1-3-5-12/h1-9,11,15,22H,10H2,(H,23,24)/p-1/t15-/m1/s1. The highest BCUT2D eigenvalue weighted by Gasteiger charge is 2.39. The number of nitrogens with zero attached hydrogens (tertiary/aromatic N) is 3. The summed E-state index contributed by atoms with van der Waals surface area (Å²) < 4.78 is 0. The highest BCUT2D eigenvalue weighted by atomic mass is 32.2. The Labute approximate surface area is 153 Å². The van der Waals surface area contributed by atoms with E-state index < -0.39 is 23.5 Å². The van der Waals surface area contributed by atoms with E-state index in [2.05, 4.69) is 10.2 Å². The number of thioether (sulfide) groups is 1. The van der Waals surface area contributed by atoms with Crippen molar-refractivity contribution in [3.05, 3.63) is 60.2 Å². The van der Waals surface area contributed by atoms with Gasteiger partial charge < -0.3 is 15.0 Å². The maximum atomic E-state index is 12.6. The van der Waals surface area contributed by atoms with Gasteiger partial charge in [-0.05, 0) is 29.8 Å². The molecule has 0 saturated carbocycles. The number of anilines is 1. The number of carbonyl (C=O) groups excluding carboxylic acids is 2. The molecule has 0 aromatic heterocycles. The Hall–Kier alpha value is -3.13. The largest absolute Gasteiger partial charge is 0.550 e. The number of phenols is 1. The summed E-state index contributed by atoms with van der Waals surface area (Å²) >= 11 is 1.02. The quantitative estimate of drug-likeness (QED) is 0.634. The molecule has 0 radical (unpaired) electrons. The Morgan fingerprint density at radius 3 is 2.54 bits per heavy atom. The molecule has 1 aliphatic heterocycles. The Morgan fingerprint density at radius 1 is 1.19 bits per heavy atom. The van der Waals surface area contributed by atoms with Gasteiger partial charge in [0.15, 0.2) is 5.17 Å². The third-order valence-electron chi connectivity index (χ3n) is 3.54. The lowest BCUT2D eigenvalue weighted by molar-refractivity contribution is -0.305. The van der Waals surface area contributed by atoms with Gasteiger partial charge in [0.25, 0.3) is 0 Å². The zero-order chi connectivity index (χ0) is 18.5. The van der Waals surface area contributed by atoms with E-state index in [1.807, 2.05) is 30.3 Å². The van der Waals surface area contributed by atoms with Crippen LogP contribution in [-0.4, -0.2) is 33.6 Å². The topological polar surface area (TPSA) is 105 Å². The molecular weight excluding hydrogens is 354 g/mol. The smallest absolute Gasteiger partial charge is 0.247 e. The van der Waals surface area contributed by atoms with Crippen LogP contribution >= 0.6 is 11.8 Å². The summed E-state index contributed by atoms with van der Waals surface area (Å²) in [4.78, 5) is 24.8. The van der Waals surface area contributed by atoms with Gasteiger partial charge in [-0.15, -0.1) is 5.10 Å². The molecule has 1 aliphatic rings. The molecule has 0 unspecified atom stereocenters. The number of carboxylic acids is 1. The maximum absolute atomic E-state index is 12.6. The predicted molar refractivity (Wildman–Crippen MR) is 98.1 cm³/mol. The van der Waals surface area contributed by atoms with Gasteiger partial charge in [0.2, 0.25) is 5.91 Å². The van der Waals surface area contributed by atoms with E-state index in [4.69, 9.17) is 0 Å². The number of rotatable bonds is 5. The Bertz CT molecular complexity index is 866. The molecule has 26 heavy (non-hydrogen) atoms. The minimum absolute atomic E-state index is 0.0555. The third-order valence-corrected chi connectivity index (χ3v) is 4.67. The fraction of sp³-hybridized carbons (Fsp3) is 0.111. The van der Waals surface area contributed by atoms with Crippen LogP contribution in [0.1, 0.15) is 12.0 Å². The lowest BCUT2D eigenvalue weighted by Crippen LogP contribution is -2.35. The Balaban J connectivity index is 1.90. The number of hydrogen-bond donors (Lipinski definition) is 1. The summed E-state index contributed by atoms with van der Waals surface area (Å²) in [7, 11) is 0. The number of carboxylic acid groups (broad SMARTS) is 1. The van der Waals surface area contributed by atoms with Gasteiger partial charge in [-0.1, -0.05) is 42.1 Å². The summed E-state index contributed by atoms with van der Waals surface area (Å²) in [5.41, 5.74) is 1.31. The molecule has 1 N–H and O–H groups in total. The fourth-order valence-corrected chi connectivity index (χ4v) is 3.42. The second-order valence-electron chi connectivity index (χ2n) is 5.41. The van der Waals surface area contributed by atoms with Crippen LogP contribution < -0.4 is 10.0 Å². The molecule has 8 heteroatoms. The lowest BCUT2D eigenvalue weighted by atomic mass is 10.2. The number of amidine groups is 1. The first kappa shape index (κ1) is 17.7. The van der Waals surface area contributed by atoms with Crippen LogP contribution in [-0.2, 0) is 9.59 Å².